The van der Waals surface area contributed by atoms with Crippen molar-refractivity contribution in [1.29, 1.82) is 0 Å². The van der Waals surface area contributed by atoms with Gasteiger partial charge in [-0.05, 0) is 44.0 Å². The summed E-state index contributed by atoms with van der Waals surface area (Å²) < 4.78 is 39.0. The summed E-state index contributed by atoms with van der Waals surface area (Å²) in [6, 6.07) is 2.21. The molecule has 1 N–H and O–H groups in total. The molecule has 0 bridgehead atoms. The van der Waals surface area contributed by atoms with E-state index in [9.17, 15) is 12.8 Å². The number of hydrogen-bond donors (Lipinski definition) is 1. The monoisotopic (exact) mass is 359 g/mol. The van der Waals surface area contributed by atoms with E-state index in [-0.39, 0.29) is 20.4 Å². The van der Waals surface area contributed by atoms with Gasteiger partial charge in [0.1, 0.15) is 10.7 Å². The smallest absolute Gasteiger partial charge is 0.211 e. The molecule has 0 amide bonds. The van der Waals surface area contributed by atoms with Gasteiger partial charge in [0.05, 0.1) is 0 Å². The fourth-order valence-corrected chi connectivity index (χ4v) is 4.61. The van der Waals surface area contributed by atoms with Crippen LogP contribution in [0.4, 0.5) is 4.39 Å². The van der Waals surface area contributed by atoms with Gasteiger partial charge in [-0.25, -0.2) is 17.5 Å². The number of nitrogens with one attached hydrogen (secondary N) is 1. The molecule has 0 aliphatic carbocycles. The van der Waals surface area contributed by atoms with E-state index in [1.54, 1.807) is 6.92 Å². The molecule has 7 heteroatoms. The Bertz CT molecular complexity index is 453. The zero-order chi connectivity index (χ0) is 11.6. The first-order chi connectivity index (χ1) is 6.88. The third-order valence-corrected chi connectivity index (χ3v) is 4.99. The lowest BCUT2D eigenvalue weighted by atomic mass is 10.3. The lowest BCUT2D eigenvalue weighted by Gasteiger charge is -2.08. The van der Waals surface area contributed by atoms with E-state index in [0.29, 0.717) is 0 Å². The SMILES string of the molecule is CCNS(=O)(=O)c1c(Br)cc(F)cc1Br. The fraction of sp³-hybridized carbons (Fsp3) is 0.250. The second kappa shape index (κ2) is 4.90. The van der Waals surface area contributed by atoms with Gasteiger partial charge in [-0.1, -0.05) is 6.92 Å². The molecule has 1 rings (SSSR count). The Kier molecular flexibility index (Phi) is 4.28. The van der Waals surface area contributed by atoms with Gasteiger partial charge in [-0.2, -0.15) is 0 Å². The van der Waals surface area contributed by atoms with Crippen LogP contribution >= 0.6 is 31.9 Å². The number of benzene rings is 1. The van der Waals surface area contributed by atoms with Crippen LogP contribution in [0.15, 0.2) is 26.0 Å². The van der Waals surface area contributed by atoms with Crippen molar-refractivity contribution in [3.05, 3.63) is 26.9 Å². The number of rotatable bonds is 3. The van der Waals surface area contributed by atoms with E-state index in [2.05, 4.69) is 36.6 Å². The lowest BCUT2D eigenvalue weighted by molar-refractivity contribution is 0.581. The van der Waals surface area contributed by atoms with E-state index in [0.717, 1.165) is 12.1 Å². The molecule has 0 saturated carbocycles. The van der Waals surface area contributed by atoms with Crippen LogP contribution in [0.25, 0.3) is 0 Å². The van der Waals surface area contributed by atoms with E-state index in [4.69, 9.17) is 0 Å². The maximum absolute atomic E-state index is 12.9. The number of halogens is 3. The highest BCUT2D eigenvalue weighted by Gasteiger charge is 2.20. The van der Waals surface area contributed by atoms with Crippen molar-refractivity contribution >= 4 is 41.9 Å². The van der Waals surface area contributed by atoms with Gasteiger partial charge in [-0.15, -0.1) is 0 Å². The molecule has 15 heavy (non-hydrogen) atoms. The molecular weight excluding hydrogens is 353 g/mol. The maximum atomic E-state index is 12.9. The van der Waals surface area contributed by atoms with Gasteiger partial charge in [0, 0.05) is 15.5 Å². The number of hydrogen-bond acceptors (Lipinski definition) is 2. The van der Waals surface area contributed by atoms with E-state index in [1.165, 1.54) is 0 Å². The van der Waals surface area contributed by atoms with Gasteiger partial charge in [0.25, 0.3) is 0 Å². The molecular formula is C8H8Br2FNO2S. The molecule has 1 aromatic rings. The summed E-state index contributed by atoms with van der Waals surface area (Å²) in [6.45, 7) is 1.95. The minimum absolute atomic E-state index is 0.00532. The highest BCUT2D eigenvalue weighted by molar-refractivity contribution is 9.11. The highest BCUT2D eigenvalue weighted by Crippen LogP contribution is 2.30. The minimum atomic E-state index is -3.60. The van der Waals surface area contributed by atoms with Crippen molar-refractivity contribution in [1.82, 2.24) is 4.72 Å². The zero-order valence-corrected chi connectivity index (χ0v) is 11.7. The van der Waals surface area contributed by atoms with Crippen molar-refractivity contribution in [3.63, 3.8) is 0 Å². The zero-order valence-electron chi connectivity index (χ0n) is 7.72. The second-order valence-corrected chi connectivity index (χ2v) is 6.11. The molecule has 3 nitrogen and oxygen atoms in total. The summed E-state index contributed by atoms with van der Waals surface area (Å²) in [5, 5.41) is 0. The van der Waals surface area contributed by atoms with Crippen LogP contribution in [0.5, 0.6) is 0 Å². The Labute approximate surface area is 104 Å². The molecule has 0 atom stereocenters. The van der Waals surface area contributed by atoms with Crippen molar-refractivity contribution in [2.75, 3.05) is 6.54 Å². The molecule has 0 unspecified atom stereocenters. The standard InChI is InChI=1S/C8H8Br2FNO2S/c1-2-12-15(13,14)8-6(9)3-5(11)4-7(8)10/h3-4,12H,2H2,1H3. The molecule has 1 aromatic carbocycles. The average molecular weight is 361 g/mol. The predicted molar refractivity (Wildman–Crippen MR) is 62.7 cm³/mol. The summed E-state index contributed by atoms with van der Waals surface area (Å²) in [7, 11) is -3.60. The van der Waals surface area contributed by atoms with Crippen LogP contribution in [0.2, 0.25) is 0 Å². The van der Waals surface area contributed by atoms with Gasteiger partial charge in [0.15, 0.2) is 0 Å². The normalized spacial score (nSPS) is 11.7. The highest BCUT2D eigenvalue weighted by atomic mass is 79.9. The van der Waals surface area contributed by atoms with Crippen LogP contribution in [-0.4, -0.2) is 15.0 Å². The van der Waals surface area contributed by atoms with Crippen molar-refractivity contribution < 1.29 is 12.8 Å². The van der Waals surface area contributed by atoms with E-state index >= 15 is 0 Å². The molecule has 84 valence electrons. The van der Waals surface area contributed by atoms with Gasteiger partial charge >= 0.3 is 0 Å². The van der Waals surface area contributed by atoms with Gasteiger partial charge in [0.2, 0.25) is 10.0 Å². The first-order valence-electron chi connectivity index (χ1n) is 4.02. The topological polar surface area (TPSA) is 46.2 Å². The van der Waals surface area contributed by atoms with Crippen molar-refractivity contribution in [2.24, 2.45) is 0 Å². The molecule has 0 spiro atoms. The third-order valence-electron chi connectivity index (χ3n) is 1.57. The summed E-state index contributed by atoms with van der Waals surface area (Å²) in [5.41, 5.74) is 0. The summed E-state index contributed by atoms with van der Waals surface area (Å²) in [6.07, 6.45) is 0. The van der Waals surface area contributed by atoms with Crippen molar-refractivity contribution in [2.45, 2.75) is 11.8 Å². The molecule has 0 heterocycles. The average Bonchev–Trinajstić information content (AvgIpc) is 1.99. The lowest BCUT2D eigenvalue weighted by Crippen LogP contribution is -2.24. The largest absolute Gasteiger partial charge is 0.242 e. The van der Waals surface area contributed by atoms with Crippen LogP contribution < -0.4 is 4.72 Å². The summed E-state index contributed by atoms with van der Waals surface area (Å²) in [4.78, 5) is 0.00532. The quantitative estimate of drug-likeness (QED) is 0.900. The Morgan fingerprint density at radius 3 is 2.20 bits per heavy atom. The van der Waals surface area contributed by atoms with Crippen LogP contribution in [-0.2, 0) is 10.0 Å². The second-order valence-electron chi connectivity index (χ2n) is 2.70. The van der Waals surface area contributed by atoms with Crippen LogP contribution in [0, 0.1) is 5.82 Å². The molecule has 0 aliphatic heterocycles. The molecule has 0 saturated heterocycles. The van der Waals surface area contributed by atoms with Crippen molar-refractivity contribution in [3.8, 4) is 0 Å². The first kappa shape index (κ1) is 13.1. The summed E-state index contributed by atoms with van der Waals surface area (Å²) >= 11 is 6.03. The Hall–Kier alpha value is 0.0200. The summed E-state index contributed by atoms with van der Waals surface area (Å²) in [5.74, 6) is -0.510. The third kappa shape index (κ3) is 2.99. The first-order valence-corrected chi connectivity index (χ1v) is 7.09. The fourth-order valence-electron chi connectivity index (χ4n) is 1.05. The molecule has 0 aromatic heterocycles. The Balaban J connectivity index is 3.38. The van der Waals surface area contributed by atoms with Crippen LogP contribution in [0.3, 0.4) is 0 Å². The maximum Gasteiger partial charge on any atom is 0.242 e. The molecule has 0 fully saturated rings. The Morgan fingerprint density at radius 2 is 1.80 bits per heavy atom. The van der Waals surface area contributed by atoms with E-state index < -0.39 is 15.8 Å². The Morgan fingerprint density at radius 1 is 1.33 bits per heavy atom. The van der Waals surface area contributed by atoms with Crippen LogP contribution in [0.1, 0.15) is 6.92 Å². The minimum Gasteiger partial charge on any atom is -0.211 e. The van der Waals surface area contributed by atoms with E-state index in [1.807, 2.05) is 0 Å². The molecule has 0 aliphatic rings. The molecule has 0 radical (unpaired) electrons. The van der Waals surface area contributed by atoms with Gasteiger partial charge < -0.3 is 0 Å². The number of sulfonamides is 1. The van der Waals surface area contributed by atoms with Gasteiger partial charge in [-0.3, -0.25) is 0 Å². The predicted octanol–water partition coefficient (Wildman–Crippen LogP) is 2.65.